The van der Waals surface area contributed by atoms with Crippen molar-refractivity contribution in [3.63, 3.8) is 0 Å². The van der Waals surface area contributed by atoms with Crippen molar-refractivity contribution in [1.82, 2.24) is 4.98 Å². The average Bonchev–Trinajstić information content (AvgIpc) is 2.47. The van der Waals surface area contributed by atoms with Gasteiger partial charge in [0.2, 0.25) is 0 Å². The normalized spacial score (nSPS) is 13.1. The number of pyridine rings is 1. The predicted molar refractivity (Wildman–Crippen MR) is 74.0 cm³/mol. The number of fused-ring (bicyclic) bond motifs is 1. The molecule has 3 rings (SSSR count). The largest absolute Gasteiger partial charge is 0.478 e. The number of hydrogen-bond acceptors (Lipinski definition) is 2. The molecule has 0 saturated heterocycles. The lowest BCUT2D eigenvalue weighted by Crippen LogP contribution is -2.29. The Morgan fingerprint density at radius 3 is 2.47 bits per heavy atom. The van der Waals surface area contributed by atoms with Gasteiger partial charge in [-0.1, -0.05) is 30.4 Å². The fourth-order valence-electron chi connectivity index (χ4n) is 2.23. The molecule has 94 valence electrons. The van der Waals surface area contributed by atoms with Gasteiger partial charge in [-0.2, -0.15) is 0 Å². The lowest BCUT2D eigenvalue weighted by molar-refractivity contribution is 0.0697. The van der Waals surface area contributed by atoms with Gasteiger partial charge >= 0.3 is 5.97 Å². The van der Waals surface area contributed by atoms with Crippen LogP contribution in [0.5, 0.6) is 0 Å². The minimum absolute atomic E-state index is 0.293. The quantitative estimate of drug-likeness (QED) is 0.885. The van der Waals surface area contributed by atoms with Gasteiger partial charge in [0.25, 0.3) is 0 Å². The molecule has 3 heteroatoms. The molecule has 3 nitrogen and oxygen atoms in total. The van der Waals surface area contributed by atoms with E-state index in [0.29, 0.717) is 5.56 Å². The number of hydrogen-bond donors (Lipinski definition) is 1. The second-order valence-electron chi connectivity index (χ2n) is 4.54. The molecule has 2 aromatic rings. The van der Waals surface area contributed by atoms with Gasteiger partial charge in [-0.3, -0.25) is 0 Å². The maximum absolute atomic E-state index is 10.8. The van der Waals surface area contributed by atoms with E-state index >= 15 is 0 Å². The number of benzene rings is 1. The van der Waals surface area contributed by atoms with Gasteiger partial charge in [0.1, 0.15) is 0 Å². The highest BCUT2D eigenvalue weighted by Gasteiger charge is 2.04. The highest BCUT2D eigenvalue weighted by atomic mass is 16.4. The van der Waals surface area contributed by atoms with Gasteiger partial charge in [0.05, 0.1) is 16.6 Å². The summed E-state index contributed by atoms with van der Waals surface area (Å²) in [5.74, 6) is -0.909. The topological polar surface area (TPSA) is 50.2 Å². The Hall–Kier alpha value is -2.42. The number of aromatic carboxylic acids is 1. The summed E-state index contributed by atoms with van der Waals surface area (Å²) in [5, 5.41) is 11.1. The van der Waals surface area contributed by atoms with Crippen LogP contribution in [-0.4, -0.2) is 16.1 Å². The van der Waals surface area contributed by atoms with Crippen LogP contribution in [0.15, 0.2) is 36.4 Å². The maximum Gasteiger partial charge on any atom is 0.335 e. The zero-order chi connectivity index (χ0) is 13.2. The highest BCUT2D eigenvalue weighted by Crippen LogP contribution is 2.15. The van der Waals surface area contributed by atoms with Crippen LogP contribution in [0.4, 0.5) is 0 Å². The molecule has 19 heavy (non-hydrogen) atoms. The van der Waals surface area contributed by atoms with Crippen LogP contribution in [0.1, 0.15) is 23.2 Å². The molecule has 0 bridgehead atoms. The van der Waals surface area contributed by atoms with Crippen LogP contribution < -0.4 is 10.6 Å². The van der Waals surface area contributed by atoms with Gasteiger partial charge < -0.3 is 5.11 Å². The molecular formula is C16H13NO2. The Labute approximate surface area is 110 Å². The average molecular weight is 251 g/mol. The van der Waals surface area contributed by atoms with Crippen molar-refractivity contribution < 1.29 is 9.90 Å². The zero-order valence-corrected chi connectivity index (χ0v) is 10.3. The Balaban J connectivity index is 2.05. The third-order valence-electron chi connectivity index (χ3n) is 3.25. The van der Waals surface area contributed by atoms with Crippen LogP contribution in [0.25, 0.3) is 23.4 Å². The summed E-state index contributed by atoms with van der Waals surface area (Å²) >= 11 is 0. The van der Waals surface area contributed by atoms with E-state index < -0.39 is 5.97 Å². The monoisotopic (exact) mass is 251 g/mol. The number of nitrogens with zero attached hydrogens (tertiary/aromatic N) is 1. The summed E-state index contributed by atoms with van der Waals surface area (Å²) in [4.78, 5) is 15.4. The van der Waals surface area contributed by atoms with E-state index in [0.717, 1.165) is 29.4 Å². The maximum atomic E-state index is 10.8. The van der Waals surface area contributed by atoms with Crippen molar-refractivity contribution >= 4 is 18.1 Å². The van der Waals surface area contributed by atoms with Crippen LogP contribution in [0.2, 0.25) is 0 Å². The summed E-state index contributed by atoms with van der Waals surface area (Å²) in [5.41, 5.74) is 2.11. The van der Waals surface area contributed by atoms with Crippen molar-refractivity contribution in [2.45, 2.75) is 12.8 Å². The minimum Gasteiger partial charge on any atom is -0.478 e. The first-order valence-corrected chi connectivity index (χ1v) is 6.25. The summed E-state index contributed by atoms with van der Waals surface area (Å²) in [6.07, 6.45) is 6.44. The summed E-state index contributed by atoms with van der Waals surface area (Å²) in [7, 11) is 0. The fourth-order valence-corrected chi connectivity index (χ4v) is 2.23. The lowest BCUT2D eigenvalue weighted by atomic mass is 10.1. The standard InChI is InChI=1S/C16H13NO2/c18-16(19)13-7-5-12(6-8-13)15-10-9-11-3-1-2-4-14(11)17-15/h3-10H,1-2H2,(H,18,19). The molecule has 1 heterocycles. The van der Waals surface area contributed by atoms with Crippen molar-refractivity contribution in [2.75, 3.05) is 0 Å². The van der Waals surface area contributed by atoms with Crippen molar-refractivity contribution in [1.29, 1.82) is 0 Å². The number of carboxylic acid groups (broad SMARTS) is 1. The highest BCUT2D eigenvalue weighted by molar-refractivity contribution is 5.88. The number of aromatic nitrogens is 1. The smallest absolute Gasteiger partial charge is 0.335 e. The van der Waals surface area contributed by atoms with Gasteiger partial charge in [-0.25, -0.2) is 9.78 Å². The molecule has 0 unspecified atom stereocenters. The number of carbonyl (C=O) groups is 1. The first-order valence-electron chi connectivity index (χ1n) is 6.25. The number of rotatable bonds is 2. The second kappa shape index (κ2) is 4.69. The molecule has 0 fully saturated rings. The Kier molecular flexibility index (Phi) is 2.88. The van der Waals surface area contributed by atoms with E-state index in [1.54, 1.807) is 24.3 Å². The van der Waals surface area contributed by atoms with E-state index in [1.165, 1.54) is 5.22 Å². The van der Waals surface area contributed by atoms with Crippen molar-refractivity contribution in [2.24, 2.45) is 0 Å². The van der Waals surface area contributed by atoms with Gasteiger partial charge in [0, 0.05) is 5.56 Å². The van der Waals surface area contributed by atoms with Gasteiger partial charge in [-0.15, -0.1) is 0 Å². The third kappa shape index (κ3) is 2.27. The fraction of sp³-hybridized carbons (Fsp3) is 0.125. The van der Waals surface area contributed by atoms with Crippen LogP contribution >= 0.6 is 0 Å². The molecule has 0 aliphatic heterocycles. The van der Waals surface area contributed by atoms with Crippen LogP contribution in [0.3, 0.4) is 0 Å². The lowest BCUT2D eigenvalue weighted by Gasteiger charge is -2.04. The summed E-state index contributed by atoms with van der Waals surface area (Å²) < 4.78 is 0. The number of carboxylic acids is 1. The third-order valence-corrected chi connectivity index (χ3v) is 3.25. The molecular weight excluding hydrogens is 238 g/mol. The molecule has 1 aliphatic rings. The summed E-state index contributed by atoms with van der Waals surface area (Å²) in [6, 6.07) is 10.8. The molecule has 0 saturated carbocycles. The molecule has 0 atom stereocenters. The SMILES string of the molecule is O=C(O)c1ccc(-c2ccc3c(n2)=CCCC=3)cc1. The molecule has 1 N–H and O–H groups in total. The van der Waals surface area contributed by atoms with Crippen molar-refractivity contribution in [3.8, 4) is 11.3 Å². The molecule has 0 amide bonds. The molecule has 1 aromatic carbocycles. The minimum atomic E-state index is -0.909. The molecule has 1 aliphatic carbocycles. The first-order chi connectivity index (χ1) is 9.24. The zero-order valence-electron chi connectivity index (χ0n) is 10.3. The van der Waals surface area contributed by atoms with Crippen LogP contribution in [0, 0.1) is 0 Å². The molecule has 0 radical (unpaired) electrons. The summed E-state index contributed by atoms with van der Waals surface area (Å²) in [6.45, 7) is 0. The second-order valence-corrected chi connectivity index (χ2v) is 4.54. The van der Waals surface area contributed by atoms with Crippen LogP contribution in [-0.2, 0) is 0 Å². The van der Waals surface area contributed by atoms with E-state index in [4.69, 9.17) is 5.11 Å². The van der Waals surface area contributed by atoms with E-state index in [2.05, 4.69) is 23.2 Å². The van der Waals surface area contributed by atoms with E-state index in [-0.39, 0.29) is 0 Å². The first kappa shape index (κ1) is 11.7. The Morgan fingerprint density at radius 2 is 1.74 bits per heavy atom. The van der Waals surface area contributed by atoms with Gasteiger partial charge in [0.15, 0.2) is 0 Å². The van der Waals surface area contributed by atoms with Gasteiger partial charge in [-0.05, 0) is 36.3 Å². The predicted octanol–water partition coefficient (Wildman–Crippen LogP) is 1.80. The Morgan fingerprint density at radius 1 is 1.00 bits per heavy atom. The van der Waals surface area contributed by atoms with Crippen molar-refractivity contribution in [3.05, 3.63) is 52.5 Å². The molecule has 0 spiro atoms. The Bertz CT molecular complexity index is 745. The molecule has 1 aromatic heterocycles. The van der Waals surface area contributed by atoms with E-state index in [1.807, 2.05) is 6.07 Å². The van der Waals surface area contributed by atoms with E-state index in [9.17, 15) is 4.79 Å².